The van der Waals surface area contributed by atoms with Crippen molar-refractivity contribution in [3.63, 3.8) is 0 Å². The predicted octanol–water partition coefficient (Wildman–Crippen LogP) is 5.57. The van der Waals surface area contributed by atoms with Gasteiger partial charge in [0.25, 0.3) is 0 Å². The molecule has 0 fully saturated rings. The summed E-state index contributed by atoms with van der Waals surface area (Å²) in [5.41, 5.74) is 0. The fourth-order valence-corrected chi connectivity index (χ4v) is 2.69. The molecule has 0 bridgehead atoms. The van der Waals surface area contributed by atoms with Gasteiger partial charge in [-0.05, 0) is 19.3 Å². The lowest BCUT2D eigenvalue weighted by molar-refractivity contribution is -0.132. The number of rotatable bonds is 17. The van der Waals surface area contributed by atoms with E-state index in [0.29, 0.717) is 13.0 Å². The van der Waals surface area contributed by atoms with E-state index >= 15 is 0 Å². The first kappa shape index (κ1) is 22.4. The van der Waals surface area contributed by atoms with Crippen molar-refractivity contribution in [1.82, 2.24) is 4.90 Å². The van der Waals surface area contributed by atoms with E-state index in [-0.39, 0.29) is 5.91 Å². The van der Waals surface area contributed by atoms with E-state index in [9.17, 15) is 4.79 Å². The van der Waals surface area contributed by atoms with Crippen molar-refractivity contribution in [2.75, 3.05) is 26.3 Å². The molecule has 0 aromatic heterocycles. The van der Waals surface area contributed by atoms with Gasteiger partial charge in [0.1, 0.15) is 0 Å². The third-order valence-electron chi connectivity index (χ3n) is 4.27. The summed E-state index contributed by atoms with van der Waals surface area (Å²) in [6.07, 6.45) is 13.9. The van der Waals surface area contributed by atoms with E-state index < -0.39 is 0 Å². The van der Waals surface area contributed by atoms with Gasteiger partial charge in [-0.3, -0.25) is 4.79 Å². The molecule has 0 heterocycles. The van der Waals surface area contributed by atoms with Gasteiger partial charge in [0.05, 0.1) is 13.0 Å². The molecule has 1 amide bonds. The van der Waals surface area contributed by atoms with Crippen LogP contribution in [0.2, 0.25) is 0 Å². The lowest BCUT2D eigenvalue weighted by Crippen LogP contribution is -2.33. The van der Waals surface area contributed by atoms with Gasteiger partial charge < -0.3 is 9.64 Å². The van der Waals surface area contributed by atoms with E-state index in [2.05, 4.69) is 25.7 Å². The van der Waals surface area contributed by atoms with Crippen LogP contribution in [0.4, 0.5) is 0 Å². The fourth-order valence-electron chi connectivity index (χ4n) is 2.69. The highest BCUT2D eigenvalue weighted by Crippen LogP contribution is 2.07. The maximum Gasteiger partial charge on any atom is 0.224 e. The van der Waals surface area contributed by atoms with Crippen LogP contribution < -0.4 is 0 Å². The highest BCUT2D eigenvalue weighted by atomic mass is 16.5. The van der Waals surface area contributed by atoms with E-state index in [0.717, 1.165) is 39.0 Å². The third kappa shape index (κ3) is 14.7. The summed E-state index contributed by atoms with van der Waals surface area (Å²) in [5.74, 6) is 0.286. The highest BCUT2D eigenvalue weighted by Gasteiger charge is 2.12. The van der Waals surface area contributed by atoms with Crippen molar-refractivity contribution in [2.45, 2.75) is 97.8 Å². The monoisotopic (exact) mass is 327 g/mol. The summed E-state index contributed by atoms with van der Waals surface area (Å²) in [7, 11) is 0. The largest absolute Gasteiger partial charge is 0.381 e. The van der Waals surface area contributed by atoms with Gasteiger partial charge in [0, 0.05) is 19.7 Å². The van der Waals surface area contributed by atoms with Crippen LogP contribution in [0, 0.1) is 0 Å². The van der Waals surface area contributed by atoms with E-state index in [4.69, 9.17) is 4.74 Å². The van der Waals surface area contributed by atoms with Crippen molar-refractivity contribution in [1.29, 1.82) is 0 Å². The van der Waals surface area contributed by atoms with E-state index in [1.807, 2.05) is 0 Å². The molecule has 3 nitrogen and oxygen atoms in total. The molecule has 0 spiro atoms. The lowest BCUT2D eigenvalue weighted by Gasteiger charge is -2.23. The fraction of sp³-hybridized carbons (Fsp3) is 0.950. The van der Waals surface area contributed by atoms with Gasteiger partial charge >= 0.3 is 0 Å². The van der Waals surface area contributed by atoms with Crippen LogP contribution in [0.3, 0.4) is 0 Å². The first-order chi connectivity index (χ1) is 11.3. The maximum absolute atomic E-state index is 12.4. The van der Waals surface area contributed by atoms with Crippen molar-refractivity contribution in [2.24, 2.45) is 0 Å². The van der Waals surface area contributed by atoms with Crippen molar-refractivity contribution < 1.29 is 9.53 Å². The Morgan fingerprint density at radius 3 is 1.74 bits per heavy atom. The molecule has 138 valence electrons. The molecule has 0 rings (SSSR count). The van der Waals surface area contributed by atoms with Gasteiger partial charge in [-0.25, -0.2) is 0 Å². The van der Waals surface area contributed by atoms with Crippen molar-refractivity contribution in [3.05, 3.63) is 0 Å². The molecule has 0 aromatic carbocycles. The first-order valence-electron chi connectivity index (χ1n) is 10.1. The molecule has 0 N–H and O–H groups in total. The van der Waals surface area contributed by atoms with Crippen LogP contribution in [-0.4, -0.2) is 37.1 Å². The number of carbonyl (C=O) groups is 1. The van der Waals surface area contributed by atoms with E-state index in [1.165, 1.54) is 51.4 Å². The Balaban J connectivity index is 3.95. The van der Waals surface area contributed by atoms with Gasteiger partial charge in [0.2, 0.25) is 5.91 Å². The molecular weight excluding hydrogens is 286 g/mol. The maximum atomic E-state index is 12.4. The molecule has 0 aliphatic rings. The number of unbranched alkanes of at least 4 members (excludes halogenated alkanes) is 8. The molecule has 0 aliphatic carbocycles. The zero-order chi connectivity index (χ0) is 17.2. The van der Waals surface area contributed by atoms with Crippen LogP contribution in [-0.2, 0) is 9.53 Å². The van der Waals surface area contributed by atoms with E-state index in [1.54, 1.807) is 0 Å². The summed E-state index contributed by atoms with van der Waals surface area (Å²) in [5, 5.41) is 0. The minimum absolute atomic E-state index is 0.286. The zero-order valence-electron chi connectivity index (χ0n) is 16.1. The average Bonchev–Trinajstić information content (AvgIpc) is 2.56. The van der Waals surface area contributed by atoms with Gasteiger partial charge in [0.15, 0.2) is 0 Å². The molecule has 0 saturated heterocycles. The van der Waals surface area contributed by atoms with Crippen molar-refractivity contribution >= 4 is 5.91 Å². The van der Waals surface area contributed by atoms with Crippen LogP contribution in [0.25, 0.3) is 0 Å². The SMILES string of the molecule is CCCCCCN(CCCCCC)C(=O)CCOCCCCC. The van der Waals surface area contributed by atoms with Gasteiger partial charge in [-0.1, -0.05) is 72.1 Å². The molecule has 3 heteroatoms. The van der Waals surface area contributed by atoms with Crippen LogP contribution in [0.5, 0.6) is 0 Å². The van der Waals surface area contributed by atoms with Gasteiger partial charge in [-0.15, -0.1) is 0 Å². The molecule has 0 aromatic rings. The normalized spacial score (nSPS) is 10.9. The Labute approximate surface area is 145 Å². The second-order valence-corrected chi connectivity index (χ2v) is 6.57. The minimum atomic E-state index is 0.286. The summed E-state index contributed by atoms with van der Waals surface area (Å²) < 4.78 is 5.60. The number of ether oxygens (including phenoxy) is 1. The second-order valence-electron chi connectivity index (χ2n) is 6.57. The average molecular weight is 328 g/mol. The Bertz CT molecular complexity index is 244. The Morgan fingerprint density at radius 2 is 1.22 bits per heavy atom. The quantitative estimate of drug-likeness (QED) is 0.327. The molecule has 0 saturated carbocycles. The first-order valence-corrected chi connectivity index (χ1v) is 10.1. The van der Waals surface area contributed by atoms with Crippen molar-refractivity contribution in [3.8, 4) is 0 Å². The minimum Gasteiger partial charge on any atom is -0.381 e. The van der Waals surface area contributed by atoms with Crippen LogP contribution >= 0.6 is 0 Å². The third-order valence-corrected chi connectivity index (χ3v) is 4.27. The molecule has 23 heavy (non-hydrogen) atoms. The van der Waals surface area contributed by atoms with Crippen LogP contribution in [0.1, 0.15) is 97.8 Å². The summed E-state index contributed by atoms with van der Waals surface area (Å²) in [6, 6.07) is 0. The Hall–Kier alpha value is -0.570. The number of amides is 1. The smallest absolute Gasteiger partial charge is 0.224 e. The standard InChI is InChI=1S/C20H41NO2/c1-4-7-10-12-16-21(17-13-11-8-5-2)20(22)15-19-23-18-14-9-6-3/h4-19H2,1-3H3. The lowest BCUT2D eigenvalue weighted by atomic mass is 10.1. The number of hydrogen-bond acceptors (Lipinski definition) is 2. The summed E-state index contributed by atoms with van der Waals surface area (Å²) >= 11 is 0. The predicted molar refractivity (Wildman–Crippen MR) is 99.8 cm³/mol. The Kier molecular flexibility index (Phi) is 17.3. The molecule has 0 aliphatic heterocycles. The molecule has 0 unspecified atom stereocenters. The molecular formula is C20H41NO2. The Morgan fingerprint density at radius 1 is 0.696 bits per heavy atom. The topological polar surface area (TPSA) is 29.5 Å². The number of nitrogens with zero attached hydrogens (tertiary/aromatic N) is 1. The highest BCUT2D eigenvalue weighted by molar-refractivity contribution is 5.76. The molecule has 0 atom stereocenters. The molecule has 0 radical (unpaired) electrons. The summed E-state index contributed by atoms with van der Waals surface area (Å²) in [6.45, 7) is 9.89. The number of hydrogen-bond donors (Lipinski definition) is 0. The van der Waals surface area contributed by atoms with Gasteiger partial charge in [-0.2, -0.15) is 0 Å². The zero-order valence-corrected chi connectivity index (χ0v) is 16.1. The second kappa shape index (κ2) is 17.8. The summed E-state index contributed by atoms with van der Waals surface area (Å²) in [4.78, 5) is 14.5. The van der Waals surface area contributed by atoms with Crippen LogP contribution in [0.15, 0.2) is 0 Å². The number of carbonyl (C=O) groups excluding carboxylic acids is 1.